The van der Waals surface area contributed by atoms with E-state index >= 15 is 0 Å². The summed E-state index contributed by atoms with van der Waals surface area (Å²) in [5, 5.41) is 3.39. The number of hydrogen-bond donors (Lipinski definition) is 2. The molecule has 1 aromatic carbocycles. The summed E-state index contributed by atoms with van der Waals surface area (Å²) in [4.78, 5) is 1.74. The minimum absolute atomic E-state index is 0.446. The second-order valence-electron chi connectivity index (χ2n) is 3.95. The summed E-state index contributed by atoms with van der Waals surface area (Å²) in [6.45, 7) is 2.84. The molecule has 0 saturated carbocycles. The molecule has 2 aromatic rings. The Morgan fingerprint density at radius 3 is 2.72 bits per heavy atom. The Kier molecular flexibility index (Phi) is 4.37. The highest BCUT2D eigenvalue weighted by molar-refractivity contribution is 9.11. The molecule has 3 N–H and O–H groups in total. The number of halogens is 1. The number of nitrogens with one attached hydrogen (secondary N) is 1. The zero-order valence-electron chi connectivity index (χ0n) is 9.87. The first kappa shape index (κ1) is 13.5. The van der Waals surface area contributed by atoms with Gasteiger partial charge in [0.2, 0.25) is 0 Å². The van der Waals surface area contributed by atoms with Gasteiger partial charge in [0.15, 0.2) is 0 Å². The maximum atomic E-state index is 5.64. The molecule has 0 unspecified atom stereocenters. The van der Waals surface area contributed by atoms with Crippen LogP contribution in [0.25, 0.3) is 0 Å². The van der Waals surface area contributed by atoms with Gasteiger partial charge in [-0.1, -0.05) is 12.2 Å². The molecule has 2 nitrogen and oxygen atoms in total. The van der Waals surface area contributed by atoms with Crippen LogP contribution in [0.3, 0.4) is 0 Å². The highest BCUT2D eigenvalue weighted by Crippen LogP contribution is 2.23. The van der Waals surface area contributed by atoms with Crippen LogP contribution in [0.1, 0.15) is 16.0 Å². The van der Waals surface area contributed by atoms with Crippen molar-refractivity contribution in [1.29, 1.82) is 0 Å². The summed E-state index contributed by atoms with van der Waals surface area (Å²) in [6.07, 6.45) is 0. The van der Waals surface area contributed by atoms with Gasteiger partial charge in [-0.05, 0) is 58.7 Å². The highest BCUT2D eigenvalue weighted by Gasteiger charge is 2.03. The number of aryl methyl sites for hydroxylation is 1. The lowest BCUT2D eigenvalue weighted by Gasteiger charge is -2.09. The van der Waals surface area contributed by atoms with E-state index < -0.39 is 0 Å². The third-order valence-electron chi connectivity index (χ3n) is 2.59. The largest absolute Gasteiger partial charge is 0.389 e. The van der Waals surface area contributed by atoms with E-state index in [0.717, 1.165) is 27.1 Å². The smallest absolute Gasteiger partial charge is 0.104 e. The van der Waals surface area contributed by atoms with Crippen LogP contribution in [-0.2, 0) is 6.54 Å². The van der Waals surface area contributed by atoms with Crippen molar-refractivity contribution in [2.75, 3.05) is 5.32 Å². The Labute approximate surface area is 124 Å². The Bertz CT molecular complexity index is 578. The van der Waals surface area contributed by atoms with E-state index in [2.05, 4.69) is 39.4 Å². The molecule has 18 heavy (non-hydrogen) atoms. The second kappa shape index (κ2) is 5.82. The zero-order chi connectivity index (χ0) is 13.1. The summed E-state index contributed by atoms with van der Waals surface area (Å²) in [5.41, 5.74) is 8.76. The normalized spacial score (nSPS) is 10.3. The van der Waals surface area contributed by atoms with Crippen molar-refractivity contribution < 1.29 is 0 Å². The standard InChI is InChI=1S/C13H13BrN2S2/c1-8-6-9(2-4-11(8)13(15)17)16-7-10-3-5-12(14)18-10/h2-6,16H,7H2,1H3,(H2,15,17). The zero-order valence-corrected chi connectivity index (χ0v) is 13.1. The number of anilines is 1. The first-order valence-electron chi connectivity index (χ1n) is 5.45. The molecule has 0 atom stereocenters. The molecule has 0 saturated heterocycles. The van der Waals surface area contributed by atoms with Gasteiger partial charge < -0.3 is 11.1 Å². The van der Waals surface area contributed by atoms with Gasteiger partial charge in [0.25, 0.3) is 0 Å². The van der Waals surface area contributed by atoms with Crippen molar-refractivity contribution in [1.82, 2.24) is 0 Å². The Hall–Kier alpha value is -0.910. The summed E-state index contributed by atoms with van der Waals surface area (Å²) >= 11 is 10.2. The molecule has 0 aliphatic carbocycles. The molecule has 2 rings (SSSR count). The van der Waals surface area contributed by atoms with Crippen LogP contribution in [0, 0.1) is 6.92 Å². The molecule has 0 spiro atoms. The minimum Gasteiger partial charge on any atom is -0.389 e. The van der Waals surface area contributed by atoms with Crippen molar-refractivity contribution in [3.63, 3.8) is 0 Å². The Morgan fingerprint density at radius 2 is 2.17 bits per heavy atom. The molecule has 5 heteroatoms. The van der Waals surface area contributed by atoms with Crippen molar-refractivity contribution in [3.05, 3.63) is 50.1 Å². The number of nitrogens with two attached hydrogens (primary N) is 1. The predicted molar refractivity (Wildman–Crippen MR) is 86.4 cm³/mol. The molecule has 0 radical (unpaired) electrons. The Morgan fingerprint density at radius 1 is 1.39 bits per heavy atom. The van der Waals surface area contributed by atoms with Crippen LogP contribution >= 0.6 is 39.5 Å². The third kappa shape index (κ3) is 3.31. The molecule has 0 aliphatic rings. The van der Waals surface area contributed by atoms with Crippen LogP contribution < -0.4 is 11.1 Å². The second-order valence-corrected chi connectivity index (χ2v) is 6.94. The van der Waals surface area contributed by atoms with E-state index in [9.17, 15) is 0 Å². The summed E-state index contributed by atoms with van der Waals surface area (Å²) in [5.74, 6) is 0. The van der Waals surface area contributed by atoms with Crippen molar-refractivity contribution in [3.8, 4) is 0 Å². The maximum Gasteiger partial charge on any atom is 0.104 e. The lowest BCUT2D eigenvalue weighted by Crippen LogP contribution is -2.11. The van der Waals surface area contributed by atoms with E-state index in [1.54, 1.807) is 11.3 Å². The van der Waals surface area contributed by atoms with Crippen molar-refractivity contribution >= 4 is 50.2 Å². The van der Waals surface area contributed by atoms with Gasteiger partial charge in [-0.25, -0.2) is 0 Å². The van der Waals surface area contributed by atoms with E-state index in [0.29, 0.717) is 4.99 Å². The van der Waals surface area contributed by atoms with Crippen LogP contribution in [0.5, 0.6) is 0 Å². The van der Waals surface area contributed by atoms with Crippen LogP contribution in [0.4, 0.5) is 5.69 Å². The SMILES string of the molecule is Cc1cc(NCc2ccc(Br)s2)ccc1C(N)=S. The average molecular weight is 341 g/mol. The number of benzene rings is 1. The van der Waals surface area contributed by atoms with Crippen LogP contribution in [-0.4, -0.2) is 4.99 Å². The quantitative estimate of drug-likeness (QED) is 0.824. The lowest BCUT2D eigenvalue weighted by molar-refractivity contribution is 1.19. The number of hydrogen-bond acceptors (Lipinski definition) is 3. The van der Waals surface area contributed by atoms with Crippen molar-refractivity contribution in [2.24, 2.45) is 5.73 Å². The van der Waals surface area contributed by atoms with Crippen LogP contribution in [0.15, 0.2) is 34.1 Å². The Balaban J connectivity index is 2.06. The van der Waals surface area contributed by atoms with Gasteiger partial charge in [0.05, 0.1) is 3.79 Å². The molecule has 1 aromatic heterocycles. The van der Waals surface area contributed by atoms with Gasteiger partial charge >= 0.3 is 0 Å². The average Bonchev–Trinajstić information content (AvgIpc) is 2.72. The number of thiocarbonyl (C=S) groups is 1. The lowest BCUT2D eigenvalue weighted by atomic mass is 10.1. The van der Waals surface area contributed by atoms with Crippen LogP contribution in [0.2, 0.25) is 0 Å². The summed E-state index contributed by atoms with van der Waals surface area (Å²) < 4.78 is 1.15. The minimum atomic E-state index is 0.446. The van der Waals surface area contributed by atoms with E-state index in [4.69, 9.17) is 18.0 Å². The summed E-state index contributed by atoms with van der Waals surface area (Å²) in [7, 11) is 0. The fourth-order valence-corrected chi connectivity index (χ4v) is 3.34. The van der Waals surface area contributed by atoms with Crippen molar-refractivity contribution in [2.45, 2.75) is 13.5 Å². The predicted octanol–water partition coefficient (Wildman–Crippen LogP) is 4.07. The first-order chi connectivity index (χ1) is 8.56. The fourth-order valence-electron chi connectivity index (χ4n) is 1.69. The van der Waals surface area contributed by atoms with Gasteiger partial charge in [0, 0.05) is 22.7 Å². The van der Waals surface area contributed by atoms with E-state index in [-0.39, 0.29) is 0 Å². The van der Waals surface area contributed by atoms with Gasteiger partial charge in [-0.2, -0.15) is 0 Å². The first-order valence-corrected chi connectivity index (χ1v) is 7.46. The molecule has 0 aliphatic heterocycles. The van der Waals surface area contributed by atoms with Gasteiger partial charge in [-0.3, -0.25) is 0 Å². The van der Waals surface area contributed by atoms with Gasteiger partial charge in [-0.15, -0.1) is 11.3 Å². The maximum absolute atomic E-state index is 5.64. The van der Waals surface area contributed by atoms with E-state index in [1.165, 1.54) is 4.88 Å². The molecule has 1 heterocycles. The molecular formula is C13H13BrN2S2. The number of thiophene rings is 1. The molecule has 0 bridgehead atoms. The fraction of sp³-hybridized carbons (Fsp3) is 0.154. The molecule has 0 amide bonds. The molecule has 0 fully saturated rings. The number of rotatable bonds is 4. The summed E-state index contributed by atoms with van der Waals surface area (Å²) in [6, 6.07) is 10.2. The third-order valence-corrected chi connectivity index (χ3v) is 4.43. The van der Waals surface area contributed by atoms with Gasteiger partial charge in [0.1, 0.15) is 4.99 Å². The van der Waals surface area contributed by atoms with E-state index in [1.807, 2.05) is 19.1 Å². The monoisotopic (exact) mass is 340 g/mol. The highest BCUT2D eigenvalue weighted by atomic mass is 79.9. The molecular weight excluding hydrogens is 328 g/mol. The molecule has 94 valence electrons. The topological polar surface area (TPSA) is 38.0 Å².